The lowest BCUT2D eigenvalue weighted by Gasteiger charge is -2.15. The van der Waals surface area contributed by atoms with Gasteiger partial charge in [0.05, 0.1) is 6.61 Å². The third-order valence-electron chi connectivity index (χ3n) is 3.29. The van der Waals surface area contributed by atoms with Crippen LogP contribution in [0.15, 0.2) is 54.6 Å². The number of carbonyl (C=O) groups is 1. The molecule has 2 aromatic carbocycles. The highest BCUT2D eigenvalue weighted by atomic mass is 16.5. The molecule has 0 saturated carbocycles. The van der Waals surface area contributed by atoms with Crippen LogP contribution in [-0.4, -0.2) is 19.6 Å². The van der Waals surface area contributed by atoms with E-state index in [4.69, 9.17) is 10.5 Å². The summed E-state index contributed by atoms with van der Waals surface area (Å²) in [6.45, 7) is 0.609. The van der Waals surface area contributed by atoms with Gasteiger partial charge >= 0.3 is 0 Å². The minimum Gasteiger partial charge on any atom is -0.384 e. The predicted octanol–water partition coefficient (Wildman–Crippen LogP) is 2.51. The summed E-state index contributed by atoms with van der Waals surface area (Å²) in [7, 11) is 1.66. The molecule has 21 heavy (non-hydrogen) atoms. The van der Waals surface area contributed by atoms with E-state index in [2.05, 4.69) is 5.32 Å². The van der Waals surface area contributed by atoms with Gasteiger partial charge in [-0.15, -0.1) is 0 Å². The molecule has 0 saturated heterocycles. The van der Waals surface area contributed by atoms with Gasteiger partial charge < -0.3 is 15.8 Å². The van der Waals surface area contributed by atoms with Gasteiger partial charge in [-0.25, -0.2) is 0 Å². The first-order valence-corrected chi connectivity index (χ1v) is 6.90. The Hall–Kier alpha value is -2.17. The fraction of sp³-hybridized carbons (Fsp3) is 0.235. The maximum Gasteiger partial charge on any atom is 0.245 e. The van der Waals surface area contributed by atoms with Crippen LogP contribution >= 0.6 is 0 Å². The molecule has 1 atom stereocenters. The number of ether oxygens (including phenoxy) is 1. The third-order valence-corrected chi connectivity index (χ3v) is 3.29. The lowest BCUT2D eigenvalue weighted by molar-refractivity contribution is -0.117. The minimum absolute atomic E-state index is 0.217. The van der Waals surface area contributed by atoms with E-state index in [9.17, 15) is 4.79 Å². The summed E-state index contributed by atoms with van der Waals surface area (Å²) in [5.41, 5.74) is 8.61. The zero-order chi connectivity index (χ0) is 15.1. The molecule has 2 rings (SSSR count). The van der Waals surface area contributed by atoms with Crippen LogP contribution in [0.3, 0.4) is 0 Å². The van der Waals surface area contributed by atoms with Gasteiger partial charge in [0, 0.05) is 12.8 Å². The summed E-state index contributed by atoms with van der Waals surface area (Å²) in [5, 5.41) is 2.90. The number of carbonyl (C=O) groups excluding carboxylic acids is 1. The van der Waals surface area contributed by atoms with E-state index >= 15 is 0 Å². The van der Waals surface area contributed by atoms with Crippen molar-refractivity contribution >= 4 is 11.6 Å². The van der Waals surface area contributed by atoms with Gasteiger partial charge in [0.25, 0.3) is 0 Å². The van der Waals surface area contributed by atoms with Gasteiger partial charge in [0.1, 0.15) is 6.04 Å². The molecule has 3 N–H and O–H groups in total. The van der Waals surface area contributed by atoms with E-state index < -0.39 is 6.04 Å². The Bertz CT molecular complexity index is 584. The fourth-order valence-electron chi connectivity index (χ4n) is 2.09. The van der Waals surface area contributed by atoms with E-state index in [1.165, 1.54) is 0 Å². The number of para-hydroxylation sites is 1. The number of anilines is 1. The van der Waals surface area contributed by atoms with Crippen LogP contribution in [0.4, 0.5) is 5.69 Å². The van der Waals surface area contributed by atoms with Crippen LogP contribution in [0.25, 0.3) is 0 Å². The number of nitrogens with one attached hydrogen (secondary N) is 1. The van der Waals surface area contributed by atoms with Crippen molar-refractivity contribution in [2.24, 2.45) is 5.73 Å². The number of nitrogens with two attached hydrogens (primary N) is 1. The molecule has 0 heterocycles. The normalized spacial score (nSPS) is 11.9. The molecule has 0 fully saturated rings. The average molecular weight is 284 g/mol. The van der Waals surface area contributed by atoms with Gasteiger partial charge in [-0.3, -0.25) is 4.79 Å². The summed E-state index contributed by atoms with van der Waals surface area (Å²) < 4.78 is 5.09. The molecule has 1 amide bonds. The summed E-state index contributed by atoms with van der Waals surface area (Å²) in [6.07, 6.45) is 0.744. The number of methoxy groups -OCH3 is 1. The molecule has 1 unspecified atom stereocenters. The molecule has 0 spiro atoms. The Morgan fingerprint density at radius 3 is 2.52 bits per heavy atom. The monoisotopic (exact) mass is 284 g/mol. The van der Waals surface area contributed by atoms with Crippen molar-refractivity contribution < 1.29 is 9.53 Å². The zero-order valence-corrected chi connectivity index (χ0v) is 12.1. The molecular weight excluding hydrogens is 264 g/mol. The SMILES string of the molecule is COCCc1ccccc1NC(=O)C(N)c1ccccc1. The summed E-state index contributed by atoms with van der Waals surface area (Å²) >= 11 is 0. The second-order valence-corrected chi connectivity index (χ2v) is 4.78. The van der Waals surface area contributed by atoms with Gasteiger partial charge in [0.15, 0.2) is 0 Å². The van der Waals surface area contributed by atoms with E-state index in [0.717, 1.165) is 23.2 Å². The maximum atomic E-state index is 12.3. The Morgan fingerprint density at radius 1 is 1.14 bits per heavy atom. The molecular formula is C17H20N2O2. The Kier molecular flexibility index (Phi) is 5.49. The first-order valence-electron chi connectivity index (χ1n) is 6.90. The Balaban J connectivity index is 2.09. The maximum absolute atomic E-state index is 12.3. The quantitative estimate of drug-likeness (QED) is 0.856. The molecule has 4 heteroatoms. The Labute approximate surface area is 124 Å². The van der Waals surface area contributed by atoms with E-state index in [1.54, 1.807) is 7.11 Å². The number of hydrogen-bond donors (Lipinski definition) is 2. The molecule has 0 aliphatic rings. The molecule has 0 aliphatic carbocycles. The minimum atomic E-state index is -0.679. The smallest absolute Gasteiger partial charge is 0.245 e. The van der Waals surface area contributed by atoms with E-state index in [1.807, 2.05) is 54.6 Å². The van der Waals surface area contributed by atoms with Crippen molar-refractivity contribution in [2.45, 2.75) is 12.5 Å². The molecule has 110 valence electrons. The Morgan fingerprint density at radius 2 is 1.81 bits per heavy atom. The second kappa shape index (κ2) is 7.57. The van der Waals surface area contributed by atoms with Crippen molar-refractivity contribution in [2.75, 3.05) is 19.0 Å². The molecule has 4 nitrogen and oxygen atoms in total. The van der Waals surface area contributed by atoms with Crippen LogP contribution in [0, 0.1) is 0 Å². The van der Waals surface area contributed by atoms with Gasteiger partial charge in [-0.05, 0) is 23.6 Å². The number of benzene rings is 2. The summed E-state index contributed by atoms with van der Waals surface area (Å²) in [6, 6.07) is 16.3. The van der Waals surface area contributed by atoms with E-state index in [-0.39, 0.29) is 5.91 Å². The molecule has 0 aliphatic heterocycles. The van der Waals surface area contributed by atoms with Crippen molar-refractivity contribution in [1.29, 1.82) is 0 Å². The van der Waals surface area contributed by atoms with Crippen molar-refractivity contribution in [1.82, 2.24) is 0 Å². The molecule has 2 aromatic rings. The number of hydrogen-bond acceptors (Lipinski definition) is 3. The third kappa shape index (κ3) is 4.15. The van der Waals surface area contributed by atoms with Crippen molar-refractivity contribution in [3.05, 3.63) is 65.7 Å². The second-order valence-electron chi connectivity index (χ2n) is 4.78. The summed E-state index contributed by atoms with van der Waals surface area (Å²) in [5.74, 6) is -0.217. The van der Waals surface area contributed by atoms with Gasteiger partial charge in [-0.1, -0.05) is 48.5 Å². The molecule has 0 radical (unpaired) electrons. The highest BCUT2D eigenvalue weighted by Crippen LogP contribution is 2.18. The van der Waals surface area contributed by atoms with Crippen LogP contribution in [0.2, 0.25) is 0 Å². The van der Waals surface area contributed by atoms with Crippen LogP contribution in [0.1, 0.15) is 17.2 Å². The van der Waals surface area contributed by atoms with Crippen molar-refractivity contribution in [3.63, 3.8) is 0 Å². The van der Waals surface area contributed by atoms with Crippen molar-refractivity contribution in [3.8, 4) is 0 Å². The lowest BCUT2D eigenvalue weighted by atomic mass is 10.1. The highest BCUT2D eigenvalue weighted by Gasteiger charge is 2.16. The first-order chi connectivity index (χ1) is 10.2. The van der Waals surface area contributed by atoms with Gasteiger partial charge in [0.2, 0.25) is 5.91 Å². The fourth-order valence-corrected chi connectivity index (χ4v) is 2.09. The largest absolute Gasteiger partial charge is 0.384 e. The van der Waals surface area contributed by atoms with E-state index in [0.29, 0.717) is 6.61 Å². The number of rotatable bonds is 6. The topological polar surface area (TPSA) is 64.3 Å². The number of amides is 1. The van der Waals surface area contributed by atoms with Crippen LogP contribution < -0.4 is 11.1 Å². The highest BCUT2D eigenvalue weighted by molar-refractivity contribution is 5.96. The van der Waals surface area contributed by atoms with Crippen LogP contribution in [0.5, 0.6) is 0 Å². The van der Waals surface area contributed by atoms with Crippen LogP contribution in [-0.2, 0) is 16.0 Å². The summed E-state index contributed by atoms with van der Waals surface area (Å²) in [4.78, 5) is 12.3. The molecule has 0 aromatic heterocycles. The average Bonchev–Trinajstić information content (AvgIpc) is 2.54. The lowest BCUT2D eigenvalue weighted by Crippen LogP contribution is -2.28. The standard InChI is InChI=1S/C17H20N2O2/c1-21-12-11-13-7-5-6-10-15(13)19-17(20)16(18)14-8-3-2-4-9-14/h2-10,16H,11-12,18H2,1H3,(H,19,20). The molecule has 0 bridgehead atoms. The first kappa shape index (κ1) is 15.2. The predicted molar refractivity (Wildman–Crippen MR) is 84.0 cm³/mol. The van der Waals surface area contributed by atoms with Gasteiger partial charge in [-0.2, -0.15) is 0 Å². The zero-order valence-electron chi connectivity index (χ0n) is 12.1.